The number of aromatic nitrogens is 5. The third kappa shape index (κ3) is 2.41. The average molecular weight is 331 g/mol. The first kappa shape index (κ1) is 15.3. The van der Waals surface area contributed by atoms with Crippen molar-refractivity contribution >= 4 is 5.97 Å². The molecule has 1 N–H and O–H groups in total. The largest absolute Gasteiger partial charge is 0.466 e. The van der Waals surface area contributed by atoms with E-state index in [2.05, 4.69) is 20.2 Å². The molecule has 1 atom stereocenters. The van der Waals surface area contributed by atoms with E-state index in [1.54, 1.807) is 12.4 Å². The first-order valence-electron chi connectivity index (χ1n) is 8.40. The Hall–Kier alpha value is -2.22. The number of hydrogen-bond acceptors (Lipinski definition) is 6. The number of fused-ring (bicyclic) bond motifs is 1. The van der Waals surface area contributed by atoms with Crippen LogP contribution in [0.2, 0.25) is 0 Å². The molecule has 0 bridgehead atoms. The van der Waals surface area contributed by atoms with E-state index in [1.807, 2.05) is 11.5 Å². The predicted molar refractivity (Wildman–Crippen MR) is 83.9 cm³/mol. The zero-order valence-electron chi connectivity index (χ0n) is 13.7. The number of carbonyl (C=O) groups excluding carboxylic acids is 1. The van der Waals surface area contributed by atoms with Gasteiger partial charge in [0.1, 0.15) is 5.82 Å². The summed E-state index contributed by atoms with van der Waals surface area (Å²) < 4.78 is 12.9. The fourth-order valence-corrected chi connectivity index (χ4v) is 3.91. The standard InChI is InChI=1S/C16H21N5O3/c1-2-24-15(22)11-10-21-12(9-16(11)3-7-23-8-4-16)19-20-14(21)13-17-5-6-18-13/h5-6,11H,2-4,7-10H2,1H3,(H,17,18). The van der Waals surface area contributed by atoms with E-state index in [0.29, 0.717) is 44.4 Å². The lowest BCUT2D eigenvalue weighted by Crippen LogP contribution is -2.48. The molecule has 1 unspecified atom stereocenters. The lowest BCUT2D eigenvalue weighted by Gasteiger charge is -2.45. The molecule has 0 radical (unpaired) electrons. The summed E-state index contributed by atoms with van der Waals surface area (Å²) >= 11 is 0. The van der Waals surface area contributed by atoms with Gasteiger partial charge in [0.2, 0.25) is 0 Å². The minimum atomic E-state index is -0.210. The van der Waals surface area contributed by atoms with Crippen LogP contribution in [0.25, 0.3) is 11.6 Å². The number of imidazole rings is 1. The maximum Gasteiger partial charge on any atom is 0.311 e. The molecule has 2 aromatic rings. The first-order chi connectivity index (χ1) is 11.7. The normalized spacial score (nSPS) is 22.3. The molecule has 0 aliphatic carbocycles. The van der Waals surface area contributed by atoms with Gasteiger partial charge in [0.05, 0.1) is 12.5 Å². The van der Waals surface area contributed by atoms with Crippen molar-refractivity contribution in [1.82, 2.24) is 24.7 Å². The van der Waals surface area contributed by atoms with Crippen LogP contribution in [0.15, 0.2) is 12.4 Å². The Labute approximate surface area is 139 Å². The molecule has 1 saturated heterocycles. The van der Waals surface area contributed by atoms with Gasteiger partial charge in [-0.2, -0.15) is 0 Å². The van der Waals surface area contributed by atoms with Gasteiger partial charge in [-0.05, 0) is 25.2 Å². The van der Waals surface area contributed by atoms with Crippen LogP contribution in [0.1, 0.15) is 25.6 Å². The lowest BCUT2D eigenvalue weighted by molar-refractivity contribution is -0.158. The summed E-state index contributed by atoms with van der Waals surface area (Å²) in [5.41, 5.74) is -0.145. The van der Waals surface area contributed by atoms with Crippen LogP contribution in [0.3, 0.4) is 0 Å². The van der Waals surface area contributed by atoms with E-state index in [0.717, 1.165) is 18.7 Å². The summed E-state index contributed by atoms with van der Waals surface area (Å²) in [4.78, 5) is 20.0. The fourth-order valence-electron chi connectivity index (χ4n) is 3.91. The summed E-state index contributed by atoms with van der Waals surface area (Å²) in [6, 6.07) is 0. The second-order valence-electron chi connectivity index (χ2n) is 6.44. The SMILES string of the molecule is CCOC(=O)C1Cn2c(nnc2-c2ncc[nH]2)CC12CCOCC2. The summed E-state index contributed by atoms with van der Waals surface area (Å²) in [5.74, 6) is 1.90. The van der Waals surface area contributed by atoms with Crippen LogP contribution in [-0.4, -0.2) is 50.5 Å². The van der Waals surface area contributed by atoms with Gasteiger partial charge < -0.3 is 19.0 Å². The molecule has 4 rings (SSSR count). The number of H-pyrrole nitrogens is 1. The Kier molecular flexibility index (Phi) is 3.84. The quantitative estimate of drug-likeness (QED) is 0.849. The molecule has 0 aromatic carbocycles. The third-order valence-corrected chi connectivity index (χ3v) is 5.21. The van der Waals surface area contributed by atoms with Crippen molar-refractivity contribution in [1.29, 1.82) is 0 Å². The van der Waals surface area contributed by atoms with Gasteiger partial charge in [0.15, 0.2) is 11.6 Å². The predicted octanol–water partition coefficient (Wildman–Crippen LogP) is 1.20. The minimum absolute atomic E-state index is 0.135. The zero-order valence-corrected chi connectivity index (χ0v) is 13.7. The Morgan fingerprint density at radius 3 is 3.00 bits per heavy atom. The summed E-state index contributed by atoms with van der Waals surface area (Å²) in [6.45, 7) is 4.11. The Morgan fingerprint density at radius 1 is 1.46 bits per heavy atom. The highest BCUT2D eigenvalue weighted by Crippen LogP contribution is 2.46. The molecular weight excluding hydrogens is 310 g/mol. The molecule has 24 heavy (non-hydrogen) atoms. The van der Waals surface area contributed by atoms with Crippen molar-refractivity contribution < 1.29 is 14.3 Å². The summed E-state index contributed by atoms with van der Waals surface area (Å²) in [7, 11) is 0. The van der Waals surface area contributed by atoms with Crippen LogP contribution in [0.4, 0.5) is 0 Å². The maximum absolute atomic E-state index is 12.7. The van der Waals surface area contributed by atoms with E-state index in [1.165, 1.54) is 0 Å². The second-order valence-corrected chi connectivity index (χ2v) is 6.44. The molecular formula is C16H21N5O3. The molecule has 0 amide bonds. The highest BCUT2D eigenvalue weighted by molar-refractivity contribution is 5.74. The van der Waals surface area contributed by atoms with Crippen molar-refractivity contribution in [2.75, 3.05) is 19.8 Å². The topological polar surface area (TPSA) is 94.9 Å². The van der Waals surface area contributed by atoms with E-state index in [9.17, 15) is 4.79 Å². The van der Waals surface area contributed by atoms with Gasteiger partial charge in [-0.15, -0.1) is 10.2 Å². The number of hydrogen-bond donors (Lipinski definition) is 1. The van der Waals surface area contributed by atoms with Crippen molar-refractivity contribution in [2.45, 2.75) is 32.7 Å². The maximum atomic E-state index is 12.7. The van der Waals surface area contributed by atoms with Crippen molar-refractivity contribution in [2.24, 2.45) is 11.3 Å². The number of nitrogens with zero attached hydrogens (tertiary/aromatic N) is 4. The molecule has 0 saturated carbocycles. The third-order valence-electron chi connectivity index (χ3n) is 5.21. The molecule has 2 aliphatic rings. The number of nitrogens with one attached hydrogen (secondary N) is 1. The molecule has 4 heterocycles. The second kappa shape index (κ2) is 6.01. The van der Waals surface area contributed by atoms with E-state index < -0.39 is 0 Å². The highest BCUT2D eigenvalue weighted by Gasteiger charge is 2.49. The van der Waals surface area contributed by atoms with E-state index >= 15 is 0 Å². The fraction of sp³-hybridized carbons (Fsp3) is 0.625. The van der Waals surface area contributed by atoms with Crippen LogP contribution >= 0.6 is 0 Å². The minimum Gasteiger partial charge on any atom is -0.466 e. The van der Waals surface area contributed by atoms with Crippen LogP contribution in [-0.2, 0) is 27.2 Å². The van der Waals surface area contributed by atoms with Crippen LogP contribution in [0.5, 0.6) is 0 Å². The number of ether oxygens (including phenoxy) is 2. The van der Waals surface area contributed by atoms with Crippen molar-refractivity contribution in [3.63, 3.8) is 0 Å². The monoisotopic (exact) mass is 331 g/mol. The van der Waals surface area contributed by atoms with Crippen LogP contribution < -0.4 is 0 Å². The van der Waals surface area contributed by atoms with Gasteiger partial charge in [-0.1, -0.05) is 0 Å². The Morgan fingerprint density at radius 2 is 2.29 bits per heavy atom. The number of aromatic amines is 1. The van der Waals surface area contributed by atoms with E-state index in [-0.39, 0.29) is 17.3 Å². The summed E-state index contributed by atoms with van der Waals surface area (Å²) in [6.07, 6.45) is 5.84. The molecule has 8 nitrogen and oxygen atoms in total. The molecule has 2 aliphatic heterocycles. The zero-order chi connectivity index (χ0) is 16.6. The molecule has 1 spiro atoms. The van der Waals surface area contributed by atoms with E-state index in [4.69, 9.17) is 9.47 Å². The van der Waals surface area contributed by atoms with Gasteiger partial charge in [-0.25, -0.2) is 4.98 Å². The molecule has 2 aromatic heterocycles. The average Bonchev–Trinajstić information content (AvgIpc) is 3.23. The summed E-state index contributed by atoms with van der Waals surface area (Å²) in [5, 5.41) is 8.66. The van der Waals surface area contributed by atoms with Crippen LogP contribution in [0, 0.1) is 11.3 Å². The molecule has 1 fully saturated rings. The Balaban J connectivity index is 1.73. The number of esters is 1. The van der Waals surface area contributed by atoms with Gasteiger partial charge >= 0.3 is 5.97 Å². The van der Waals surface area contributed by atoms with Gasteiger partial charge in [0.25, 0.3) is 0 Å². The molecule has 128 valence electrons. The molecule has 8 heteroatoms. The lowest BCUT2D eigenvalue weighted by atomic mass is 9.65. The Bertz CT molecular complexity index is 718. The highest BCUT2D eigenvalue weighted by atomic mass is 16.5. The van der Waals surface area contributed by atoms with Gasteiger partial charge in [0, 0.05) is 38.6 Å². The number of rotatable bonds is 3. The van der Waals surface area contributed by atoms with Gasteiger partial charge in [-0.3, -0.25) is 4.79 Å². The number of carbonyl (C=O) groups is 1. The first-order valence-corrected chi connectivity index (χ1v) is 8.40. The smallest absolute Gasteiger partial charge is 0.311 e. The van der Waals surface area contributed by atoms with Crippen molar-refractivity contribution in [3.05, 3.63) is 18.2 Å². The van der Waals surface area contributed by atoms with Crippen molar-refractivity contribution in [3.8, 4) is 11.6 Å².